The lowest BCUT2D eigenvalue weighted by atomic mass is 9.99. The van der Waals surface area contributed by atoms with Gasteiger partial charge >= 0.3 is 0 Å². The summed E-state index contributed by atoms with van der Waals surface area (Å²) in [5, 5.41) is 0.226. The van der Waals surface area contributed by atoms with E-state index >= 15 is 0 Å². The lowest BCUT2D eigenvalue weighted by Gasteiger charge is -2.35. The molecule has 3 nitrogen and oxygen atoms in total. The summed E-state index contributed by atoms with van der Waals surface area (Å²) >= 11 is 8.54. The normalized spacial score (nSPS) is 26.7. The van der Waals surface area contributed by atoms with Crippen LogP contribution in [-0.4, -0.2) is 28.4 Å². The highest BCUT2D eigenvalue weighted by Crippen LogP contribution is 2.27. The average Bonchev–Trinajstić information content (AvgIpc) is 2.23. The Labute approximate surface area is 108 Å². The van der Waals surface area contributed by atoms with Gasteiger partial charge in [-0.2, -0.15) is 0 Å². The van der Waals surface area contributed by atoms with Gasteiger partial charge in [0.25, 0.3) is 0 Å². The van der Waals surface area contributed by atoms with E-state index in [0.717, 1.165) is 28.9 Å². The van der Waals surface area contributed by atoms with E-state index in [1.54, 1.807) is 6.33 Å². The molecule has 2 heterocycles. The molecule has 1 aromatic heterocycles. The van der Waals surface area contributed by atoms with E-state index in [0.29, 0.717) is 5.92 Å². The molecule has 0 saturated carbocycles. The fourth-order valence-electron chi connectivity index (χ4n) is 1.75. The van der Waals surface area contributed by atoms with Crippen molar-refractivity contribution in [2.45, 2.75) is 18.7 Å². The lowest BCUT2D eigenvalue weighted by molar-refractivity contribution is 0.443. The molecule has 0 bridgehead atoms. The summed E-state index contributed by atoms with van der Waals surface area (Å²) in [4.78, 5) is 10.6. The zero-order chi connectivity index (χ0) is 10.8. The molecule has 1 aromatic rings. The molecule has 2 unspecified atom stereocenters. The van der Waals surface area contributed by atoms with Gasteiger partial charge in [0, 0.05) is 19.3 Å². The first-order valence-electron chi connectivity index (χ1n) is 5.03. The highest BCUT2D eigenvalue weighted by molar-refractivity contribution is 14.1. The van der Waals surface area contributed by atoms with E-state index in [-0.39, 0.29) is 5.38 Å². The predicted molar refractivity (Wildman–Crippen MR) is 70.4 cm³/mol. The molecule has 1 fully saturated rings. The average molecular weight is 338 g/mol. The van der Waals surface area contributed by atoms with E-state index in [1.807, 2.05) is 6.20 Å². The molecule has 2 rings (SSSR count). The highest BCUT2D eigenvalue weighted by atomic mass is 127. The molecule has 82 valence electrons. The molecule has 1 aliphatic heterocycles. The smallest absolute Gasteiger partial charge is 0.145 e. The third-order valence-electron chi connectivity index (χ3n) is 2.81. The summed E-state index contributed by atoms with van der Waals surface area (Å²) in [6, 6.07) is 0. The number of hydrogen-bond donors (Lipinski definition) is 0. The van der Waals surface area contributed by atoms with Gasteiger partial charge in [-0.15, -0.1) is 11.6 Å². The molecule has 5 heteroatoms. The Morgan fingerprint density at radius 1 is 1.60 bits per heavy atom. The molecule has 0 aliphatic carbocycles. The van der Waals surface area contributed by atoms with Crippen LogP contribution in [0.25, 0.3) is 0 Å². The second-order valence-electron chi connectivity index (χ2n) is 3.92. The first-order chi connectivity index (χ1) is 7.18. The van der Waals surface area contributed by atoms with Crippen molar-refractivity contribution in [2.75, 3.05) is 18.0 Å². The third kappa shape index (κ3) is 2.53. The van der Waals surface area contributed by atoms with Crippen molar-refractivity contribution < 1.29 is 0 Å². The zero-order valence-electron chi connectivity index (χ0n) is 8.53. The second kappa shape index (κ2) is 4.82. The number of hydrogen-bond acceptors (Lipinski definition) is 3. The second-order valence-corrected chi connectivity index (χ2v) is 5.65. The summed E-state index contributed by atoms with van der Waals surface area (Å²) < 4.78 is 1.09. The van der Waals surface area contributed by atoms with Crippen LogP contribution < -0.4 is 4.90 Å². The van der Waals surface area contributed by atoms with Gasteiger partial charge in [-0.25, -0.2) is 9.97 Å². The van der Waals surface area contributed by atoms with Crippen molar-refractivity contribution in [3.8, 4) is 0 Å². The van der Waals surface area contributed by atoms with Crippen molar-refractivity contribution in [2.24, 2.45) is 5.92 Å². The third-order valence-corrected chi connectivity index (χ3v) is 4.14. The number of nitrogens with zero attached hydrogens (tertiary/aromatic N) is 3. The Kier molecular flexibility index (Phi) is 3.66. The molecule has 0 spiro atoms. The van der Waals surface area contributed by atoms with Crippen LogP contribution in [0.15, 0.2) is 12.5 Å². The monoisotopic (exact) mass is 337 g/mol. The van der Waals surface area contributed by atoms with Gasteiger partial charge in [0.1, 0.15) is 12.1 Å². The number of alkyl halides is 1. The van der Waals surface area contributed by atoms with Crippen LogP contribution in [-0.2, 0) is 0 Å². The molecule has 1 aliphatic rings. The Hall–Kier alpha value is -0.100. The SMILES string of the molecule is CC1CCN(c2ncncc2I)CC1Cl. The van der Waals surface area contributed by atoms with E-state index < -0.39 is 0 Å². The first kappa shape index (κ1) is 11.4. The van der Waals surface area contributed by atoms with Crippen LogP contribution >= 0.6 is 34.2 Å². The van der Waals surface area contributed by atoms with Gasteiger partial charge in [0.2, 0.25) is 0 Å². The lowest BCUT2D eigenvalue weighted by Crippen LogP contribution is -2.41. The molecule has 1 saturated heterocycles. The largest absolute Gasteiger partial charge is 0.354 e. The van der Waals surface area contributed by atoms with Crippen molar-refractivity contribution >= 4 is 40.0 Å². The van der Waals surface area contributed by atoms with Crippen LogP contribution in [0.1, 0.15) is 13.3 Å². The molecule has 0 radical (unpaired) electrons. The number of anilines is 1. The number of aromatic nitrogens is 2. The maximum Gasteiger partial charge on any atom is 0.145 e. The van der Waals surface area contributed by atoms with Gasteiger partial charge in [0.15, 0.2) is 0 Å². The standard InChI is InChI=1S/C10H13ClIN3/c1-7-2-3-15(5-8(7)11)10-9(12)4-13-6-14-10/h4,6-8H,2-3,5H2,1H3. The molecular formula is C10H13ClIN3. The van der Waals surface area contributed by atoms with E-state index in [1.165, 1.54) is 0 Å². The van der Waals surface area contributed by atoms with Crippen molar-refractivity contribution in [3.05, 3.63) is 16.1 Å². The Morgan fingerprint density at radius 2 is 2.40 bits per heavy atom. The summed E-state index contributed by atoms with van der Waals surface area (Å²) in [6.45, 7) is 4.13. The summed E-state index contributed by atoms with van der Waals surface area (Å²) in [6.07, 6.45) is 4.57. The number of piperidine rings is 1. The van der Waals surface area contributed by atoms with E-state index in [9.17, 15) is 0 Å². The Bertz CT molecular complexity index is 347. The quantitative estimate of drug-likeness (QED) is 0.582. The summed E-state index contributed by atoms with van der Waals surface area (Å²) in [5.74, 6) is 1.62. The maximum absolute atomic E-state index is 6.28. The van der Waals surface area contributed by atoms with Crippen LogP contribution in [0.4, 0.5) is 5.82 Å². The van der Waals surface area contributed by atoms with Gasteiger partial charge < -0.3 is 4.90 Å². The minimum atomic E-state index is 0.226. The molecule has 0 amide bonds. The number of halogens is 2. The Balaban J connectivity index is 2.15. The fraction of sp³-hybridized carbons (Fsp3) is 0.600. The van der Waals surface area contributed by atoms with Crippen LogP contribution in [0, 0.1) is 9.49 Å². The van der Waals surface area contributed by atoms with Crippen molar-refractivity contribution in [1.29, 1.82) is 0 Å². The fourth-order valence-corrected chi connectivity index (χ4v) is 2.69. The van der Waals surface area contributed by atoms with Crippen LogP contribution in [0.2, 0.25) is 0 Å². The van der Waals surface area contributed by atoms with E-state index in [2.05, 4.69) is 44.4 Å². The highest BCUT2D eigenvalue weighted by Gasteiger charge is 2.25. The van der Waals surface area contributed by atoms with Gasteiger partial charge in [-0.1, -0.05) is 6.92 Å². The van der Waals surface area contributed by atoms with Crippen molar-refractivity contribution in [3.63, 3.8) is 0 Å². The van der Waals surface area contributed by atoms with Gasteiger partial charge in [-0.3, -0.25) is 0 Å². The van der Waals surface area contributed by atoms with Crippen molar-refractivity contribution in [1.82, 2.24) is 9.97 Å². The van der Waals surface area contributed by atoms with Crippen LogP contribution in [0.5, 0.6) is 0 Å². The maximum atomic E-state index is 6.28. The first-order valence-corrected chi connectivity index (χ1v) is 6.54. The molecule has 0 N–H and O–H groups in total. The topological polar surface area (TPSA) is 29.0 Å². The Morgan fingerprint density at radius 3 is 3.07 bits per heavy atom. The van der Waals surface area contributed by atoms with Crippen LogP contribution in [0.3, 0.4) is 0 Å². The van der Waals surface area contributed by atoms with Gasteiger partial charge in [-0.05, 0) is 34.9 Å². The summed E-state index contributed by atoms with van der Waals surface area (Å²) in [5.41, 5.74) is 0. The minimum absolute atomic E-state index is 0.226. The number of rotatable bonds is 1. The molecule has 2 atom stereocenters. The predicted octanol–water partition coefficient (Wildman–Crippen LogP) is 2.53. The molecule has 0 aromatic carbocycles. The zero-order valence-corrected chi connectivity index (χ0v) is 11.4. The molecule has 15 heavy (non-hydrogen) atoms. The minimum Gasteiger partial charge on any atom is -0.354 e. The molecular weight excluding hydrogens is 324 g/mol. The van der Waals surface area contributed by atoms with E-state index in [4.69, 9.17) is 11.6 Å². The summed E-state index contributed by atoms with van der Waals surface area (Å²) in [7, 11) is 0. The van der Waals surface area contributed by atoms with Gasteiger partial charge in [0.05, 0.1) is 8.95 Å².